The Bertz CT molecular complexity index is 612. The van der Waals surface area contributed by atoms with Crippen molar-refractivity contribution in [3.8, 4) is 11.5 Å². The third-order valence-corrected chi connectivity index (χ3v) is 3.25. The van der Waals surface area contributed by atoms with Crippen LogP contribution in [0, 0.1) is 0 Å². The van der Waals surface area contributed by atoms with E-state index >= 15 is 0 Å². The number of aliphatic carboxylic acids is 1. The van der Waals surface area contributed by atoms with Gasteiger partial charge in [-0.2, -0.15) is 0 Å². The lowest BCUT2D eigenvalue weighted by Crippen LogP contribution is -2.47. The van der Waals surface area contributed by atoms with Gasteiger partial charge in [-0.05, 0) is 25.5 Å². The Morgan fingerprint density at radius 1 is 1.45 bits per heavy atom. The maximum atomic E-state index is 12.3. The van der Waals surface area contributed by atoms with Crippen LogP contribution in [0.25, 0.3) is 0 Å². The Morgan fingerprint density at radius 3 is 2.73 bits per heavy atom. The summed E-state index contributed by atoms with van der Waals surface area (Å²) in [6.07, 6.45) is 0.237. The molecular formula is C15H17NO6. The second kappa shape index (κ2) is 6.46. The summed E-state index contributed by atoms with van der Waals surface area (Å²) in [5, 5.41) is 9.03. The van der Waals surface area contributed by atoms with E-state index in [1.807, 2.05) is 0 Å². The summed E-state index contributed by atoms with van der Waals surface area (Å²) >= 11 is 0. The molecule has 0 saturated heterocycles. The van der Waals surface area contributed by atoms with Gasteiger partial charge < -0.3 is 14.6 Å². The second-order valence-corrected chi connectivity index (χ2v) is 4.75. The molecule has 1 atom stereocenters. The fourth-order valence-electron chi connectivity index (χ4n) is 2.30. The highest BCUT2D eigenvalue weighted by Crippen LogP contribution is 2.43. The molecular weight excluding hydrogens is 290 g/mol. The van der Waals surface area contributed by atoms with Gasteiger partial charge in [0.2, 0.25) is 0 Å². The first-order chi connectivity index (χ1) is 10.5. The van der Waals surface area contributed by atoms with E-state index in [1.165, 1.54) is 12.1 Å². The van der Waals surface area contributed by atoms with Gasteiger partial charge in [0.1, 0.15) is 12.8 Å². The number of amides is 1. The number of benzene rings is 1. The van der Waals surface area contributed by atoms with Crippen molar-refractivity contribution >= 4 is 23.9 Å². The molecule has 1 unspecified atom stereocenters. The third-order valence-electron chi connectivity index (χ3n) is 3.25. The number of anilines is 1. The minimum Gasteiger partial charge on any atom is -0.490 e. The van der Waals surface area contributed by atoms with Gasteiger partial charge in [-0.15, -0.1) is 0 Å². The molecule has 0 bridgehead atoms. The maximum absolute atomic E-state index is 12.3. The smallest absolute Gasteiger partial charge is 0.323 e. The van der Waals surface area contributed by atoms with Crippen LogP contribution in [0.15, 0.2) is 12.1 Å². The van der Waals surface area contributed by atoms with Crippen molar-refractivity contribution in [2.24, 2.45) is 0 Å². The molecule has 1 aliphatic heterocycles. The third kappa shape index (κ3) is 2.88. The highest BCUT2D eigenvalue weighted by Gasteiger charge is 2.36. The first kappa shape index (κ1) is 15.8. The van der Waals surface area contributed by atoms with E-state index in [1.54, 1.807) is 13.8 Å². The van der Waals surface area contributed by atoms with Gasteiger partial charge in [0.05, 0.1) is 12.3 Å². The van der Waals surface area contributed by atoms with E-state index < -0.39 is 24.5 Å². The van der Waals surface area contributed by atoms with Crippen LogP contribution in [0.4, 0.5) is 5.69 Å². The van der Waals surface area contributed by atoms with Crippen LogP contribution in [0.3, 0.4) is 0 Å². The summed E-state index contributed by atoms with van der Waals surface area (Å²) < 4.78 is 11.1. The predicted molar refractivity (Wildman–Crippen MR) is 77.7 cm³/mol. The fourth-order valence-corrected chi connectivity index (χ4v) is 2.30. The van der Waals surface area contributed by atoms with Crippen molar-refractivity contribution in [1.82, 2.24) is 0 Å². The fraction of sp³-hybridized carbons (Fsp3) is 0.400. The number of nitrogens with zero attached hydrogens (tertiary/aromatic N) is 1. The zero-order valence-electron chi connectivity index (χ0n) is 12.4. The molecule has 1 amide bonds. The number of fused-ring (bicyclic) bond motifs is 1. The molecule has 7 heteroatoms. The van der Waals surface area contributed by atoms with E-state index in [0.717, 1.165) is 4.90 Å². The van der Waals surface area contributed by atoms with E-state index in [9.17, 15) is 14.4 Å². The number of carbonyl (C=O) groups is 3. The lowest BCUT2D eigenvalue weighted by Gasteiger charge is -2.34. The van der Waals surface area contributed by atoms with Crippen LogP contribution < -0.4 is 14.4 Å². The van der Waals surface area contributed by atoms with Crippen molar-refractivity contribution in [3.05, 3.63) is 17.7 Å². The zero-order valence-corrected chi connectivity index (χ0v) is 12.4. The minimum absolute atomic E-state index is 0.241. The summed E-state index contributed by atoms with van der Waals surface area (Å²) in [6, 6.07) is 2.94. The Kier molecular flexibility index (Phi) is 4.65. The van der Waals surface area contributed by atoms with Crippen molar-refractivity contribution in [3.63, 3.8) is 0 Å². The largest absolute Gasteiger partial charge is 0.490 e. The lowest BCUT2D eigenvalue weighted by molar-refractivity contribution is -0.137. The first-order valence-corrected chi connectivity index (χ1v) is 6.97. The van der Waals surface area contributed by atoms with Crippen LogP contribution in [0.2, 0.25) is 0 Å². The van der Waals surface area contributed by atoms with E-state index in [0.29, 0.717) is 30.8 Å². The summed E-state index contributed by atoms with van der Waals surface area (Å²) in [4.78, 5) is 35.6. The number of hydrogen-bond acceptors (Lipinski definition) is 5. The van der Waals surface area contributed by atoms with Gasteiger partial charge in [0.25, 0.3) is 5.91 Å². The minimum atomic E-state index is -1.15. The normalized spacial score (nSPS) is 16.7. The highest BCUT2D eigenvalue weighted by atomic mass is 16.5. The van der Waals surface area contributed by atoms with Crippen LogP contribution in [-0.4, -0.2) is 42.5 Å². The molecule has 1 aliphatic rings. The molecule has 118 valence electrons. The Labute approximate surface area is 127 Å². The molecule has 0 fully saturated rings. The molecule has 0 radical (unpaired) electrons. The number of ether oxygens (including phenoxy) is 2. The van der Waals surface area contributed by atoms with Crippen LogP contribution in [0.1, 0.15) is 30.6 Å². The van der Waals surface area contributed by atoms with Crippen molar-refractivity contribution in [2.75, 3.05) is 18.1 Å². The molecule has 1 N–H and O–H groups in total. The maximum Gasteiger partial charge on any atom is 0.323 e. The summed E-state index contributed by atoms with van der Waals surface area (Å²) in [5.41, 5.74) is 0.522. The Balaban J connectivity index is 2.59. The molecule has 1 aromatic rings. The number of hydrogen-bond donors (Lipinski definition) is 1. The number of carboxylic acid groups (broad SMARTS) is 1. The highest BCUT2D eigenvalue weighted by molar-refractivity contribution is 6.04. The van der Waals surface area contributed by atoms with Crippen LogP contribution >= 0.6 is 0 Å². The Morgan fingerprint density at radius 2 is 2.18 bits per heavy atom. The number of carboxylic acids is 1. The predicted octanol–water partition coefficient (Wildman–Crippen LogP) is 1.49. The van der Waals surface area contributed by atoms with Gasteiger partial charge in [0.15, 0.2) is 17.6 Å². The molecule has 1 aromatic carbocycles. The zero-order chi connectivity index (χ0) is 16.3. The molecule has 0 aliphatic carbocycles. The number of aldehydes is 1. The molecule has 0 aromatic heterocycles. The first-order valence-electron chi connectivity index (χ1n) is 6.97. The number of rotatable bonds is 6. The van der Waals surface area contributed by atoms with Crippen molar-refractivity contribution < 1.29 is 29.0 Å². The van der Waals surface area contributed by atoms with Gasteiger partial charge >= 0.3 is 5.97 Å². The van der Waals surface area contributed by atoms with E-state index in [2.05, 4.69) is 0 Å². The molecule has 7 nitrogen and oxygen atoms in total. The second-order valence-electron chi connectivity index (χ2n) is 4.75. The lowest BCUT2D eigenvalue weighted by atomic mass is 10.1. The van der Waals surface area contributed by atoms with Gasteiger partial charge in [-0.25, -0.2) is 0 Å². The van der Waals surface area contributed by atoms with E-state index in [4.69, 9.17) is 14.6 Å². The van der Waals surface area contributed by atoms with E-state index in [-0.39, 0.29) is 11.3 Å². The van der Waals surface area contributed by atoms with Gasteiger partial charge in [-0.3, -0.25) is 19.3 Å². The summed E-state index contributed by atoms with van der Waals surface area (Å²) in [7, 11) is 0. The summed E-state index contributed by atoms with van der Waals surface area (Å²) in [6.45, 7) is 3.40. The van der Waals surface area contributed by atoms with Crippen LogP contribution in [-0.2, 0) is 9.59 Å². The molecule has 0 spiro atoms. The SMILES string of the molecule is CCOc1cc(C=O)cc2c1OC(CC)C(=O)N2CC(=O)O. The average molecular weight is 307 g/mol. The summed E-state index contributed by atoms with van der Waals surface area (Å²) in [5.74, 6) is -0.975. The molecule has 22 heavy (non-hydrogen) atoms. The quantitative estimate of drug-likeness (QED) is 0.800. The molecule has 2 rings (SSSR count). The molecule has 0 saturated carbocycles. The molecule has 1 heterocycles. The van der Waals surface area contributed by atoms with Crippen molar-refractivity contribution in [2.45, 2.75) is 26.4 Å². The van der Waals surface area contributed by atoms with Crippen LogP contribution in [0.5, 0.6) is 11.5 Å². The standard InChI is InChI=1S/C15H17NO6/c1-3-11-15(20)16(7-13(18)19)10-5-9(8-17)6-12(21-4-2)14(10)22-11/h5-6,8,11H,3-4,7H2,1-2H3,(H,18,19). The average Bonchev–Trinajstić information content (AvgIpc) is 2.49. The van der Waals surface area contributed by atoms with Crippen molar-refractivity contribution in [1.29, 1.82) is 0 Å². The monoisotopic (exact) mass is 307 g/mol. The topological polar surface area (TPSA) is 93.1 Å². The number of carbonyl (C=O) groups excluding carboxylic acids is 2. The Hall–Kier alpha value is -2.57. The van der Waals surface area contributed by atoms with Gasteiger partial charge in [0, 0.05) is 5.56 Å². The van der Waals surface area contributed by atoms with Gasteiger partial charge in [-0.1, -0.05) is 6.92 Å².